The van der Waals surface area contributed by atoms with Gasteiger partial charge >= 0.3 is 0 Å². The predicted octanol–water partition coefficient (Wildman–Crippen LogP) is 2.68. The first kappa shape index (κ1) is 9.79. The van der Waals surface area contributed by atoms with E-state index in [0.717, 1.165) is 0 Å². The summed E-state index contributed by atoms with van der Waals surface area (Å²) in [6.07, 6.45) is 0. The molecular weight excluding hydrogens is 146 g/mol. The first-order valence-corrected chi connectivity index (χ1v) is 4.65. The van der Waals surface area contributed by atoms with Crippen molar-refractivity contribution in [3.8, 4) is 0 Å². The number of likely N-dealkylation sites (N-methyl/N-ethyl adjacent to an activating group) is 1. The molecule has 1 atom stereocenters. The fourth-order valence-electron chi connectivity index (χ4n) is 2.18. The third-order valence-corrected chi connectivity index (χ3v) is 4.07. The molecule has 0 aliphatic carbocycles. The van der Waals surface area contributed by atoms with Crippen LogP contribution in [0.3, 0.4) is 0 Å². The molecule has 1 rings (SSSR count). The van der Waals surface area contributed by atoms with E-state index >= 15 is 0 Å². The van der Waals surface area contributed by atoms with Crippen LogP contribution in [0.1, 0.15) is 34.6 Å². The summed E-state index contributed by atoms with van der Waals surface area (Å²) in [5.74, 6) is 0.581. The highest BCUT2D eigenvalue weighted by Gasteiger charge is 2.49. The highest BCUT2D eigenvalue weighted by atomic mass is 15.3. The van der Waals surface area contributed by atoms with Crippen LogP contribution in [0.5, 0.6) is 0 Å². The SMILES string of the molecule is C=C1C(C)C(C)(C)N(C)C1(C)C. The van der Waals surface area contributed by atoms with E-state index in [1.807, 2.05) is 0 Å². The van der Waals surface area contributed by atoms with Crippen molar-refractivity contribution in [3.05, 3.63) is 12.2 Å². The number of rotatable bonds is 0. The summed E-state index contributed by atoms with van der Waals surface area (Å²) in [6, 6.07) is 0. The maximum absolute atomic E-state index is 4.19. The smallest absolute Gasteiger partial charge is 0.0367 e. The Bertz CT molecular complexity index is 213. The van der Waals surface area contributed by atoms with E-state index < -0.39 is 0 Å². The zero-order valence-electron chi connectivity index (χ0n) is 9.23. The van der Waals surface area contributed by atoms with E-state index in [-0.39, 0.29) is 11.1 Å². The third-order valence-electron chi connectivity index (χ3n) is 4.07. The average molecular weight is 167 g/mol. The Morgan fingerprint density at radius 1 is 1.25 bits per heavy atom. The van der Waals surface area contributed by atoms with Crippen LogP contribution in [0.15, 0.2) is 12.2 Å². The van der Waals surface area contributed by atoms with Gasteiger partial charge in [-0.15, -0.1) is 0 Å². The van der Waals surface area contributed by atoms with E-state index in [0.29, 0.717) is 5.92 Å². The molecule has 0 aromatic carbocycles. The van der Waals surface area contributed by atoms with Gasteiger partial charge in [0.1, 0.15) is 0 Å². The summed E-state index contributed by atoms with van der Waals surface area (Å²) >= 11 is 0. The summed E-state index contributed by atoms with van der Waals surface area (Å²) in [5, 5.41) is 0. The van der Waals surface area contributed by atoms with Crippen molar-refractivity contribution in [2.45, 2.75) is 45.7 Å². The van der Waals surface area contributed by atoms with E-state index in [1.54, 1.807) is 0 Å². The molecule has 0 spiro atoms. The van der Waals surface area contributed by atoms with Gasteiger partial charge in [0.15, 0.2) is 0 Å². The molecule has 0 radical (unpaired) electrons. The van der Waals surface area contributed by atoms with Crippen molar-refractivity contribution >= 4 is 0 Å². The van der Waals surface area contributed by atoms with E-state index in [4.69, 9.17) is 0 Å². The topological polar surface area (TPSA) is 3.24 Å². The second kappa shape index (κ2) is 2.35. The van der Waals surface area contributed by atoms with Gasteiger partial charge in [-0.1, -0.05) is 19.1 Å². The van der Waals surface area contributed by atoms with Gasteiger partial charge in [-0.05, 0) is 40.7 Å². The zero-order chi connectivity index (χ0) is 9.73. The molecule has 0 bridgehead atoms. The number of hydrogen-bond acceptors (Lipinski definition) is 1. The van der Waals surface area contributed by atoms with E-state index in [1.165, 1.54) is 5.57 Å². The van der Waals surface area contributed by atoms with Crippen LogP contribution < -0.4 is 0 Å². The summed E-state index contributed by atoms with van der Waals surface area (Å²) in [4.78, 5) is 2.42. The maximum Gasteiger partial charge on any atom is 0.0367 e. The normalized spacial score (nSPS) is 34.2. The Balaban J connectivity index is 3.12. The second-order valence-corrected chi connectivity index (χ2v) is 5.02. The maximum atomic E-state index is 4.19. The molecule has 1 nitrogen and oxygen atoms in total. The third kappa shape index (κ3) is 0.957. The molecule has 0 saturated carbocycles. The van der Waals surface area contributed by atoms with Crippen molar-refractivity contribution in [3.63, 3.8) is 0 Å². The molecule has 1 saturated heterocycles. The predicted molar refractivity (Wildman–Crippen MR) is 54.2 cm³/mol. The van der Waals surface area contributed by atoms with Gasteiger partial charge in [0, 0.05) is 11.1 Å². The van der Waals surface area contributed by atoms with Crippen LogP contribution in [-0.2, 0) is 0 Å². The van der Waals surface area contributed by atoms with Gasteiger partial charge in [-0.2, -0.15) is 0 Å². The van der Waals surface area contributed by atoms with Crippen LogP contribution in [0.25, 0.3) is 0 Å². The summed E-state index contributed by atoms with van der Waals surface area (Å²) in [7, 11) is 2.19. The second-order valence-electron chi connectivity index (χ2n) is 5.02. The van der Waals surface area contributed by atoms with Gasteiger partial charge in [0.25, 0.3) is 0 Å². The van der Waals surface area contributed by atoms with Gasteiger partial charge < -0.3 is 0 Å². The van der Waals surface area contributed by atoms with Crippen LogP contribution in [0.4, 0.5) is 0 Å². The fourth-order valence-corrected chi connectivity index (χ4v) is 2.18. The molecule has 0 aromatic heterocycles. The summed E-state index contributed by atoms with van der Waals surface area (Å²) in [5.41, 5.74) is 1.76. The van der Waals surface area contributed by atoms with Crippen molar-refractivity contribution in [1.82, 2.24) is 4.90 Å². The van der Waals surface area contributed by atoms with Crippen molar-refractivity contribution in [2.24, 2.45) is 5.92 Å². The van der Waals surface area contributed by atoms with Crippen LogP contribution >= 0.6 is 0 Å². The lowest BCUT2D eigenvalue weighted by Crippen LogP contribution is -2.46. The summed E-state index contributed by atoms with van der Waals surface area (Å²) < 4.78 is 0. The number of nitrogens with zero attached hydrogens (tertiary/aromatic N) is 1. The lowest BCUT2D eigenvalue weighted by atomic mass is 9.85. The average Bonchev–Trinajstić information content (AvgIpc) is 2.06. The molecule has 1 heterocycles. The van der Waals surface area contributed by atoms with Crippen LogP contribution in [0.2, 0.25) is 0 Å². The molecule has 1 unspecified atom stereocenters. The zero-order valence-corrected chi connectivity index (χ0v) is 9.23. The minimum Gasteiger partial charge on any atom is -0.292 e. The highest BCUT2D eigenvalue weighted by molar-refractivity contribution is 5.27. The Hall–Kier alpha value is -0.300. The van der Waals surface area contributed by atoms with Crippen molar-refractivity contribution in [1.29, 1.82) is 0 Å². The lowest BCUT2D eigenvalue weighted by Gasteiger charge is -2.37. The number of hydrogen-bond donors (Lipinski definition) is 0. The first-order chi connectivity index (χ1) is 5.22. The molecule has 1 aliphatic rings. The standard InChI is InChI=1S/C11H21N/c1-8-9(2)11(5,6)12(7)10(8,3)4/h9H,1H2,2-7H3. The van der Waals surface area contributed by atoms with E-state index in [2.05, 4.69) is 53.1 Å². The Morgan fingerprint density at radius 2 is 1.67 bits per heavy atom. The Morgan fingerprint density at radius 3 is 1.75 bits per heavy atom. The van der Waals surface area contributed by atoms with Crippen LogP contribution in [0, 0.1) is 5.92 Å². The van der Waals surface area contributed by atoms with Crippen molar-refractivity contribution < 1.29 is 0 Å². The van der Waals surface area contributed by atoms with Crippen molar-refractivity contribution in [2.75, 3.05) is 7.05 Å². The Labute approximate surface area is 76.5 Å². The lowest BCUT2D eigenvalue weighted by molar-refractivity contribution is 0.106. The molecule has 0 aromatic rings. The van der Waals surface area contributed by atoms with Gasteiger partial charge in [-0.25, -0.2) is 0 Å². The minimum absolute atomic E-state index is 0.156. The molecule has 1 fully saturated rings. The van der Waals surface area contributed by atoms with Crippen LogP contribution in [-0.4, -0.2) is 23.0 Å². The first-order valence-electron chi connectivity index (χ1n) is 4.65. The summed E-state index contributed by atoms with van der Waals surface area (Å²) in [6.45, 7) is 15.5. The molecule has 1 aliphatic heterocycles. The van der Waals surface area contributed by atoms with Gasteiger partial charge in [0.2, 0.25) is 0 Å². The molecule has 1 heteroatoms. The monoisotopic (exact) mass is 167 g/mol. The molecule has 70 valence electrons. The largest absolute Gasteiger partial charge is 0.292 e. The number of likely N-dealkylation sites (tertiary alicyclic amines) is 1. The highest BCUT2D eigenvalue weighted by Crippen LogP contribution is 2.46. The Kier molecular flexibility index (Phi) is 1.92. The quantitative estimate of drug-likeness (QED) is 0.501. The van der Waals surface area contributed by atoms with E-state index in [9.17, 15) is 0 Å². The molecule has 0 amide bonds. The molecular formula is C11H21N. The fraction of sp³-hybridized carbons (Fsp3) is 0.818. The molecule has 0 N–H and O–H groups in total. The van der Waals surface area contributed by atoms with Gasteiger partial charge in [-0.3, -0.25) is 4.90 Å². The van der Waals surface area contributed by atoms with Gasteiger partial charge in [0.05, 0.1) is 0 Å². The minimum atomic E-state index is 0.156. The molecule has 12 heavy (non-hydrogen) atoms.